The van der Waals surface area contributed by atoms with Crippen LogP contribution in [0.25, 0.3) is 0 Å². The monoisotopic (exact) mass is 176 g/mol. The van der Waals surface area contributed by atoms with Gasteiger partial charge in [-0.3, -0.25) is 0 Å². The third kappa shape index (κ3) is 1.25. The van der Waals surface area contributed by atoms with E-state index in [1.165, 1.54) is 0 Å². The van der Waals surface area contributed by atoms with E-state index in [9.17, 15) is 8.42 Å². The SMILES string of the molecule is O=S1(=O)OP(O)(=S)O1. The van der Waals surface area contributed by atoms with Gasteiger partial charge in [0.25, 0.3) is 0 Å². The molecular weight excluding hydrogens is 175 g/mol. The van der Waals surface area contributed by atoms with Crippen molar-refractivity contribution < 1.29 is 21.3 Å². The molecule has 8 heavy (non-hydrogen) atoms. The van der Waals surface area contributed by atoms with Gasteiger partial charge in [0.05, 0.1) is 0 Å². The van der Waals surface area contributed by atoms with Crippen molar-refractivity contribution in [3.05, 3.63) is 0 Å². The van der Waals surface area contributed by atoms with Crippen molar-refractivity contribution in [2.75, 3.05) is 0 Å². The molecule has 8 heteroatoms. The van der Waals surface area contributed by atoms with E-state index < -0.39 is 17.1 Å². The largest absolute Gasteiger partial charge is 0.414 e. The van der Waals surface area contributed by atoms with Crippen molar-refractivity contribution in [1.29, 1.82) is 0 Å². The summed E-state index contributed by atoms with van der Waals surface area (Å²) in [4.78, 5) is 8.35. The Hall–Kier alpha value is 0.480. The van der Waals surface area contributed by atoms with Gasteiger partial charge in [-0.2, -0.15) is 16.4 Å². The highest BCUT2D eigenvalue weighted by Gasteiger charge is 2.42. The van der Waals surface area contributed by atoms with Gasteiger partial charge in [0.2, 0.25) is 0 Å². The van der Waals surface area contributed by atoms with Gasteiger partial charge in [-0.05, 0) is 11.8 Å². The smallest absolute Gasteiger partial charge is 0.323 e. The van der Waals surface area contributed by atoms with Crippen LogP contribution in [0.5, 0.6) is 0 Å². The van der Waals surface area contributed by atoms with Gasteiger partial charge in [-0.15, -0.1) is 0 Å². The first-order valence-electron chi connectivity index (χ1n) is 1.41. The molecule has 1 aliphatic heterocycles. The zero-order valence-corrected chi connectivity index (χ0v) is 5.87. The molecule has 0 aromatic heterocycles. The maximum atomic E-state index is 9.86. The lowest BCUT2D eigenvalue weighted by Gasteiger charge is -2.21. The maximum absolute atomic E-state index is 9.86. The number of rotatable bonds is 0. The molecular formula is HO5PS2. The predicted octanol–water partition coefficient (Wildman–Crippen LogP) is -0.505. The Balaban J connectivity index is 2.84. The third-order valence-electron chi connectivity index (χ3n) is 0.371. The number of hydrogen-bond acceptors (Lipinski definition) is 5. The minimum Gasteiger partial charge on any atom is -0.323 e. The lowest BCUT2D eigenvalue weighted by atomic mass is 15.7. The van der Waals surface area contributed by atoms with Crippen LogP contribution in [0.4, 0.5) is 0 Å². The van der Waals surface area contributed by atoms with Crippen molar-refractivity contribution in [1.82, 2.24) is 0 Å². The highest BCUT2D eigenvalue weighted by molar-refractivity contribution is 8.17. The molecule has 1 aliphatic rings. The second kappa shape index (κ2) is 1.50. The van der Waals surface area contributed by atoms with E-state index in [0.29, 0.717) is 0 Å². The molecule has 0 bridgehead atoms. The molecule has 0 aromatic carbocycles. The van der Waals surface area contributed by atoms with E-state index in [-0.39, 0.29) is 0 Å². The number of hydrogen-bond donors (Lipinski definition) is 1. The molecule has 0 radical (unpaired) electrons. The van der Waals surface area contributed by atoms with Crippen molar-refractivity contribution in [2.24, 2.45) is 0 Å². The summed E-state index contributed by atoms with van der Waals surface area (Å²) in [6.07, 6.45) is 0. The van der Waals surface area contributed by atoms with Gasteiger partial charge >= 0.3 is 17.1 Å². The second-order valence-electron chi connectivity index (χ2n) is 1.03. The van der Waals surface area contributed by atoms with E-state index in [1.54, 1.807) is 0 Å². The summed E-state index contributed by atoms with van der Waals surface area (Å²) in [5, 5.41) is 0. The molecule has 1 rings (SSSR count). The first-order valence-corrected chi connectivity index (χ1v) is 5.34. The standard InChI is InChI=1S/HO5PS2/c1-6(7)4-8(2,3)5-6/h(H,1,7). The summed E-state index contributed by atoms with van der Waals surface area (Å²) in [5.41, 5.74) is 0. The van der Waals surface area contributed by atoms with Gasteiger partial charge in [-0.1, -0.05) is 0 Å². The highest BCUT2D eigenvalue weighted by atomic mass is 32.5. The molecule has 48 valence electrons. The maximum Gasteiger partial charge on any atom is 0.414 e. The molecule has 1 heterocycles. The van der Waals surface area contributed by atoms with Gasteiger partial charge in [0.15, 0.2) is 0 Å². The van der Waals surface area contributed by atoms with Crippen LogP contribution in [-0.4, -0.2) is 13.3 Å². The van der Waals surface area contributed by atoms with E-state index in [4.69, 9.17) is 4.89 Å². The summed E-state index contributed by atoms with van der Waals surface area (Å²) in [7, 11) is -3.89. The van der Waals surface area contributed by atoms with Crippen LogP contribution in [0.3, 0.4) is 0 Å². The van der Waals surface area contributed by atoms with Gasteiger partial charge in [0, 0.05) is 0 Å². The van der Waals surface area contributed by atoms with E-state index in [2.05, 4.69) is 19.7 Å². The molecule has 1 N–H and O–H groups in total. The molecule has 0 atom stereocenters. The molecule has 0 aliphatic carbocycles. The average molecular weight is 176 g/mol. The molecule has 1 saturated heterocycles. The van der Waals surface area contributed by atoms with Crippen LogP contribution in [-0.2, 0) is 30.1 Å². The molecule has 0 saturated carbocycles. The van der Waals surface area contributed by atoms with Crippen molar-refractivity contribution in [3.63, 3.8) is 0 Å². The van der Waals surface area contributed by atoms with Gasteiger partial charge in [0.1, 0.15) is 0 Å². The summed E-state index contributed by atoms with van der Waals surface area (Å²) < 4.78 is 27.2. The van der Waals surface area contributed by atoms with Crippen molar-refractivity contribution in [2.45, 2.75) is 0 Å². The van der Waals surface area contributed by atoms with Crippen LogP contribution in [0.15, 0.2) is 0 Å². The van der Waals surface area contributed by atoms with Gasteiger partial charge < -0.3 is 4.89 Å². The quantitative estimate of drug-likeness (QED) is 0.501. The molecule has 5 nitrogen and oxygen atoms in total. The summed E-state index contributed by atoms with van der Waals surface area (Å²) >= 11 is 4.06. The molecule has 1 fully saturated rings. The summed E-state index contributed by atoms with van der Waals surface area (Å²) in [6.45, 7) is -3.34. The summed E-state index contributed by atoms with van der Waals surface area (Å²) in [6, 6.07) is 0. The molecule has 0 spiro atoms. The van der Waals surface area contributed by atoms with Crippen LogP contribution < -0.4 is 0 Å². The Kier molecular flexibility index (Phi) is 1.24. The minimum absolute atomic E-state index is 3.34. The van der Waals surface area contributed by atoms with Crippen LogP contribution in [0, 0.1) is 0 Å². The third-order valence-corrected chi connectivity index (χ3v) is 4.43. The minimum atomic E-state index is -3.89. The van der Waals surface area contributed by atoms with E-state index in [0.717, 1.165) is 0 Å². The average Bonchev–Trinajstić information content (AvgIpc) is 1.20. The highest BCUT2D eigenvalue weighted by Crippen LogP contribution is 2.57. The van der Waals surface area contributed by atoms with E-state index >= 15 is 0 Å². The summed E-state index contributed by atoms with van der Waals surface area (Å²) in [5.74, 6) is 0. The van der Waals surface area contributed by atoms with Gasteiger partial charge in [-0.25, -0.2) is 0 Å². The van der Waals surface area contributed by atoms with Crippen LogP contribution in [0.1, 0.15) is 0 Å². The van der Waals surface area contributed by atoms with Crippen molar-refractivity contribution in [3.8, 4) is 0 Å². The first kappa shape index (κ1) is 6.60. The predicted molar refractivity (Wildman–Crippen MR) is 27.6 cm³/mol. The lowest BCUT2D eigenvalue weighted by Crippen LogP contribution is -2.17. The second-order valence-corrected chi connectivity index (χ2v) is 5.36. The normalized spacial score (nSPS) is 31.1. The van der Waals surface area contributed by atoms with E-state index in [1.807, 2.05) is 0 Å². The van der Waals surface area contributed by atoms with Crippen LogP contribution >= 0.6 is 6.72 Å². The Morgan fingerprint density at radius 3 is 1.88 bits per heavy atom. The van der Waals surface area contributed by atoms with Crippen LogP contribution in [0.2, 0.25) is 0 Å². The molecule has 0 aromatic rings. The zero-order valence-electron chi connectivity index (χ0n) is 3.34. The topological polar surface area (TPSA) is 72.8 Å². The van der Waals surface area contributed by atoms with Crippen molar-refractivity contribution >= 4 is 28.9 Å². The Morgan fingerprint density at radius 1 is 1.50 bits per heavy atom. The first-order chi connectivity index (χ1) is 3.41. The molecule has 0 unspecified atom stereocenters. The Labute approximate surface area is 50.8 Å². The fourth-order valence-electron chi connectivity index (χ4n) is 0.236. The lowest BCUT2D eigenvalue weighted by molar-refractivity contribution is 0.276. The fraction of sp³-hybridized carbons (Fsp3) is 0. The Morgan fingerprint density at radius 2 is 1.88 bits per heavy atom. The fourth-order valence-corrected chi connectivity index (χ4v) is 3.47. The Bertz CT molecular complexity index is 219. The zero-order chi connectivity index (χ0) is 6.41. The molecule has 0 amide bonds.